The van der Waals surface area contributed by atoms with Crippen molar-refractivity contribution >= 4 is 17.3 Å². The molecule has 0 spiro atoms. The summed E-state index contributed by atoms with van der Waals surface area (Å²) in [6.07, 6.45) is 0. The van der Waals surface area contributed by atoms with Gasteiger partial charge in [-0.15, -0.1) is 0 Å². The van der Waals surface area contributed by atoms with Gasteiger partial charge in [-0.1, -0.05) is 16.8 Å². The van der Waals surface area contributed by atoms with Crippen LogP contribution in [0.2, 0.25) is 5.02 Å². The second kappa shape index (κ2) is 6.24. The predicted octanol–water partition coefficient (Wildman–Crippen LogP) is 3.49. The van der Waals surface area contributed by atoms with E-state index >= 15 is 0 Å². The Morgan fingerprint density at radius 3 is 2.62 bits per heavy atom. The Balaban J connectivity index is 2.09. The van der Waals surface area contributed by atoms with Gasteiger partial charge >= 0.3 is 0 Å². The van der Waals surface area contributed by atoms with Crippen molar-refractivity contribution in [3.05, 3.63) is 55.9 Å². The van der Waals surface area contributed by atoms with Crippen LogP contribution < -0.4 is 0 Å². The van der Waals surface area contributed by atoms with Gasteiger partial charge in [-0.05, 0) is 32.5 Å². The molecule has 0 fully saturated rings. The van der Waals surface area contributed by atoms with Crippen LogP contribution in [0, 0.1) is 24.0 Å². The Morgan fingerprint density at radius 2 is 2.10 bits per heavy atom. The minimum Gasteiger partial charge on any atom is -0.361 e. The second-order valence-corrected chi connectivity index (χ2v) is 5.42. The molecular formula is C14H16ClN3O3. The van der Waals surface area contributed by atoms with Crippen LogP contribution in [0.1, 0.15) is 22.6 Å². The van der Waals surface area contributed by atoms with Crippen molar-refractivity contribution in [2.24, 2.45) is 0 Å². The maximum Gasteiger partial charge on any atom is 0.270 e. The molecule has 6 nitrogen and oxygen atoms in total. The van der Waals surface area contributed by atoms with Crippen LogP contribution in [0.25, 0.3) is 0 Å². The largest absolute Gasteiger partial charge is 0.361 e. The monoisotopic (exact) mass is 309 g/mol. The highest BCUT2D eigenvalue weighted by Crippen LogP contribution is 2.24. The summed E-state index contributed by atoms with van der Waals surface area (Å²) in [6, 6.07) is 4.52. The number of nitro benzene ring substituents is 1. The van der Waals surface area contributed by atoms with Crippen molar-refractivity contribution < 1.29 is 9.45 Å². The molecule has 0 N–H and O–H groups in total. The van der Waals surface area contributed by atoms with Crippen molar-refractivity contribution in [1.29, 1.82) is 0 Å². The number of aryl methyl sites for hydroxylation is 2. The first kappa shape index (κ1) is 15.5. The normalized spacial score (nSPS) is 11.1. The molecule has 21 heavy (non-hydrogen) atoms. The topological polar surface area (TPSA) is 72.4 Å². The molecule has 0 unspecified atom stereocenters. The number of benzene rings is 1. The van der Waals surface area contributed by atoms with E-state index in [0.717, 1.165) is 22.6 Å². The first-order valence-corrected chi connectivity index (χ1v) is 6.79. The first-order chi connectivity index (χ1) is 9.88. The minimum atomic E-state index is -0.455. The maximum atomic E-state index is 10.7. The third kappa shape index (κ3) is 3.59. The molecule has 0 saturated carbocycles. The van der Waals surface area contributed by atoms with E-state index in [1.165, 1.54) is 12.1 Å². The molecule has 0 atom stereocenters. The fraction of sp³-hybridized carbons (Fsp3) is 0.357. The molecule has 1 aromatic heterocycles. The molecule has 0 radical (unpaired) electrons. The minimum absolute atomic E-state index is 0.00266. The van der Waals surface area contributed by atoms with E-state index < -0.39 is 4.92 Å². The molecule has 2 aromatic rings. The van der Waals surface area contributed by atoms with Gasteiger partial charge in [-0.2, -0.15) is 0 Å². The lowest BCUT2D eigenvalue weighted by atomic mass is 10.1. The number of hydrogen-bond acceptors (Lipinski definition) is 5. The summed E-state index contributed by atoms with van der Waals surface area (Å²) in [5.41, 5.74) is 2.76. The third-order valence-corrected chi connectivity index (χ3v) is 3.65. The smallest absolute Gasteiger partial charge is 0.270 e. The van der Waals surface area contributed by atoms with Crippen LogP contribution in [-0.4, -0.2) is 22.0 Å². The number of non-ortho nitro benzene ring substituents is 1. The molecule has 0 saturated heterocycles. The zero-order valence-corrected chi connectivity index (χ0v) is 12.8. The molecule has 1 heterocycles. The zero-order valence-electron chi connectivity index (χ0n) is 12.1. The van der Waals surface area contributed by atoms with Crippen molar-refractivity contribution in [3.8, 4) is 0 Å². The highest BCUT2D eigenvalue weighted by Gasteiger charge is 2.14. The highest BCUT2D eigenvalue weighted by atomic mass is 35.5. The van der Waals surface area contributed by atoms with E-state index in [4.69, 9.17) is 16.1 Å². The van der Waals surface area contributed by atoms with Crippen LogP contribution in [-0.2, 0) is 13.1 Å². The summed E-state index contributed by atoms with van der Waals surface area (Å²) >= 11 is 6.10. The Kier molecular flexibility index (Phi) is 4.59. The Morgan fingerprint density at radius 1 is 1.38 bits per heavy atom. The lowest BCUT2D eigenvalue weighted by molar-refractivity contribution is -0.384. The Labute approximate surface area is 127 Å². The van der Waals surface area contributed by atoms with Gasteiger partial charge in [0.1, 0.15) is 5.76 Å². The van der Waals surface area contributed by atoms with Crippen molar-refractivity contribution in [2.75, 3.05) is 7.05 Å². The van der Waals surface area contributed by atoms with E-state index in [9.17, 15) is 10.1 Å². The van der Waals surface area contributed by atoms with Crippen molar-refractivity contribution in [1.82, 2.24) is 10.1 Å². The quantitative estimate of drug-likeness (QED) is 0.624. The maximum absolute atomic E-state index is 10.7. The molecule has 0 aliphatic carbocycles. The molecule has 0 aliphatic rings. The van der Waals surface area contributed by atoms with E-state index in [2.05, 4.69) is 10.1 Å². The summed E-state index contributed by atoms with van der Waals surface area (Å²) in [5.74, 6) is 0.800. The molecular weight excluding hydrogens is 294 g/mol. The fourth-order valence-electron chi connectivity index (χ4n) is 2.12. The van der Waals surface area contributed by atoms with Gasteiger partial charge in [0.25, 0.3) is 5.69 Å². The summed E-state index contributed by atoms with van der Waals surface area (Å²) in [4.78, 5) is 12.3. The lowest BCUT2D eigenvalue weighted by Crippen LogP contribution is -2.18. The number of rotatable bonds is 5. The van der Waals surface area contributed by atoms with E-state index in [0.29, 0.717) is 18.1 Å². The van der Waals surface area contributed by atoms with Crippen LogP contribution in [0.5, 0.6) is 0 Å². The molecule has 0 bridgehead atoms. The van der Waals surface area contributed by atoms with Crippen LogP contribution in [0.3, 0.4) is 0 Å². The fourth-order valence-corrected chi connectivity index (χ4v) is 2.36. The van der Waals surface area contributed by atoms with Crippen LogP contribution >= 0.6 is 11.6 Å². The molecule has 2 rings (SSSR count). The second-order valence-electron chi connectivity index (χ2n) is 5.01. The molecule has 7 heteroatoms. The predicted molar refractivity (Wildman–Crippen MR) is 79.3 cm³/mol. The standard InChI is InChI=1S/C14H16ClN3O3/c1-9-13(10(2)21-16-9)8-17(3)7-11-4-5-12(18(19)20)6-14(11)15/h4-6H,7-8H2,1-3H3. The van der Waals surface area contributed by atoms with Gasteiger partial charge in [0.05, 0.1) is 15.6 Å². The third-order valence-electron chi connectivity index (χ3n) is 3.30. The number of hydrogen-bond donors (Lipinski definition) is 0. The van der Waals surface area contributed by atoms with Gasteiger partial charge in [0.2, 0.25) is 0 Å². The number of nitro groups is 1. The van der Waals surface area contributed by atoms with Gasteiger partial charge in [-0.3, -0.25) is 15.0 Å². The highest BCUT2D eigenvalue weighted by molar-refractivity contribution is 6.31. The summed E-state index contributed by atoms with van der Waals surface area (Å²) in [5, 5.41) is 15.0. The van der Waals surface area contributed by atoms with Gasteiger partial charge < -0.3 is 4.52 Å². The van der Waals surface area contributed by atoms with Crippen LogP contribution in [0.15, 0.2) is 22.7 Å². The lowest BCUT2D eigenvalue weighted by Gasteiger charge is -2.17. The van der Waals surface area contributed by atoms with Gasteiger partial charge in [0.15, 0.2) is 0 Å². The Bertz CT molecular complexity index is 650. The van der Waals surface area contributed by atoms with Crippen molar-refractivity contribution in [3.63, 3.8) is 0 Å². The van der Waals surface area contributed by atoms with E-state index in [-0.39, 0.29) is 5.69 Å². The molecule has 1 aromatic carbocycles. The summed E-state index contributed by atoms with van der Waals surface area (Å²) in [7, 11) is 1.95. The van der Waals surface area contributed by atoms with Crippen LogP contribution in [0.4, 0.5) is 5.69 Å². The Hall–Kier alpha value is -1.92. The average molecular weight is 310 g/mol. The number of halogens is 1. The number of aromatic nitrogens is 1. The zero-order chi connectivity index (χ0) is 15.6. The molecule has 0 aliphatic heterocycles. The summed E-state index contributed by atoms with van der Waals surface area (Å²) in [6.45, 7) is 5.04. The van der Waals surface area contributed by atoms with Crippen molar-refractivity contribution in [2.45, 2.75) is 26.9 Å². The number of nitrogens with zero attached hydrogens (tertiary/aromatic N) is 3. The van der Waals surface area contributed by atoms with Gasteiger partial charge in [-0.25, -0.2) is 0 Å². The van der Waals surface area contributed by atoms with Gasteiger partial charge in [0, 0.05) is 30.8 Å². The SMILES string of the molecule is Cc1noc(C)c1CN(C)Cc1ccc([N+](=O)[O-])cc1Cl. The summed E-state index contributed by atoms with van der Waals surface area (Å²) < 4.78 is 5.13. The average Bonchev–Trinajstić information content (AvgIpc) is 2.72. The van der Waals surface area contributed by atoms with E-state index in [1.807, 2.05) is 20.9 Å². The molecule has 0 amide bonds. The van der Waals surface area contributed by atoms with E-state index in [1.54, 1.807) is 6.07 Å². The first-order valence-electron chi connectivity index (χ1n) is 6.41. The molecule has 112 valence electrons.